The van der Waals surface area contributed by atoms with Crippen molar-refractivity contribution < 1.29 is 0 Å². The molecule has 2 heteroatoms. The van der Waals surface area contributed by atoms with Crippen molar-refractivity contribution in [2.24, 2.45) is 0 Å². The van der Waals surface area contributed by atoms with Crippen LogP contribution in [0, 0.1) is 20.8 Å². The standard InChI is InChI=1S/C9H12GeN/c1-6-4-7(2)9(11-10)8(3)5-6/h4-5,11H,1-3H3. The first-order valence-electron chi connectivity index (χ1n) is 3.65. The molecule has 1 nitrogen and oxygen atoms in total. The Morgan fingerprint density at radius 2 is 1.55 bits per heavy atom. The molecule has 57 valence electrons. The fourth-order valence-corrected chi connectivity index (χ4v) is 2.20. The van der Waals surface area contributed by atoms with Gasteiger partial charge in [0.1, 0.15) is 0 Å². The molecule has 0 bridgehead atoms. The minimum absolute atomic E-state index is 1.26. The van der Waals surface area contributed by atoms with Gasteiger partial charge in [-0.25, -0.2) is 0 Å². The molecule has 0 saturated heterocycles. The molecule has 1 rings (SSSR count). The van der Waals surface area contributed by atoms with Crippen LogP contribution in [0.5, 0.6) is 0 Å². The van der Waals surface area contributed by atoms with E-state index in [2.05, 4.69) is 37.2 Å². The van der Waals surface area contributed by atoms with Crippen LogP contribution in [0.15, 0.2) is 12.1 Å². The van der Waals surface area contributed by atoms with Crippen molar-refractivity contribution in [1.82, 2.24) is 0 Å². The molecule has 0 saturated carbocycles. The van der Waals surface area contributed by atoms with Gasteiger partial charge < -0.3 is 0 Å². The van der Waals surface area contributed by atoms with Crippen LogP contribution >= 0.6 is 0 Å². The van der Waals surface area contributed by atoms with Gasteiger partial charge in [0.2, 0.25) is 0 Å². The van der Waals surface area contributed by atoms with Crippen LogP contribution in [0.25, 0.3) is 0 Å². The summed E-state index contributed by atoms with van der Waals surface area (Å²) in [6.45, 7) is 6.39. The van der Waals surface area contributed by atoms with Crippen molar-refractivity contribution in [3.05, 3.63) is 28.8 Å². The topological polar surface area (TPSA) is 12.0 Å². The summed E-state index contributed by atoms with van der Waals surface area (Å²) in [6, 6.07) is 4.39. The number of hydrogen-bond acceptors (Lipinski definition) is 1. The zero-order valence-corrected chi connectivity index (χ0v) is 9.25. The minimum atomic E-state index is 1.26. The van der Waals surface area contributed by atoms with Crippen molar-refractivity contribution in [3.63, 3.8) is 0 Å². The molecular formula is C9H12GeN. The Balaban J connectivity index is 3.25. The van der Waals surface area contributed by atoms with Crippen LogP contribution in [0.4, 0.5) is 5.69 Å². The van der Waals surface area contributed by atoms with Crippen molar-refractivity contribution in [2.75, 3.05) is 4.27 Å². The van der Waals surface area contributed by atoms with E-state index in [1.54, 1.807) is 0 Å². The second-order valence-corrected chi connectivity index (χ2v) is 3.42. The van der Waals surface area contributed by atoms with Gasteiger partial charge in [0.15, 0.2) is 0 Å². The molecule has 0 aliphatic carbocycles. The monoisotopic (exact) mass is 208 g/mol. The second kappa shape index (κ2) is 3.31. The average Bonchev–Trinajstić information content (AvgIpc) is 1.85. The van der Waals surface area contributed by atoms with Crippen molar-refractivity contribution in [3.8, 4) is 0 Å². The molecular weight excluding hydrogens is 195 g/mol. The van der Waals surface area contributed by atoms with Crippen LogP contribution in [-0.4, -0.2) is 16.7 Å². The zero-order valence-electron chi connectivity index (χ0n) is 7.15. The van der Waals surface area contributed by atoms with Gasteiger partial charge in [0, 0.05) is 0 Å². The predicted octanol–water partition coefficient (Wildman–Crippen LogP) is 2.11. The van der Waals surface area contributed by atoms with Gasteiger partial charge in [-0.05, 0) is 0 Å². The van der Waals surface area contributed by atoms with Gasteiger partial charge in [-0.3, -0.25) is 0 Å². The number of benzene rings is 1. The molecule has 0 amide bonds. The second-order valence-electron chi connectivity index (χ2n) is 2.90. The van der Waals surface area contributed by atoms with Crippen LogP contribution in [0.2, 0.25) is 0 Å². The van der Waals surface area contributed by atoms with E-state index in [4.69, 9.17) is 0 Å². The molecule has 0 atom stereocenters. The van der Waals surface area contributed by atoms with Crippen molar-refractivity contribution in [2.45, 2.75) is 20.8 Å². The van der Waals surface area contributed by atoms with Crippen molar-refractivity contribution >= 4 is 22.4 Å². The Kier molecular flexibility index (Phi) is 2.60. The first-order valence-corrected chi connectivity index (χ1v) is 4.70. The first kappa shape index (κ1) is 8.66. The van der Waals surface area contributed by atoms with Gasteiger partial charge in [-0.2, -0.15) is 0 Å². The molecule has 1 aromatic carbocycles. The normalized spacial score (nSPS) is 9.82. The molecule has 11 heavy (non-hydrogen) atoms. The molecule has 1 N–H and O–H groups in total. The van der Waals surface area contributed by atoms with Crippen LogP contribution in [0.1, 0.15) is 16.7 Å². The fourth-order valence-electron chi connectivity index (χ4n) is 1.38. The van der Waals surface area contributed by atoms with E-state index in [0.717, 1.165) is 0 Å². The van der Waals surface area contributed by atoms with Gasteiger partial charge in [0.05, 0.1) is 0 Å². The fraction of sp³-hybridized carbons (Fsp3) is 0.333. The summed E-state index contributed by atoms with van der Waals surface area (Å²) in [4.78, 5) is 0. The predicted molar refractivity (Wildman–Crippen MR) is 50.0 cm³/mol. The number of anilines is 1. The van der Waals surface area contributed by atoms with E-state index in [1.807, 2.05) is 16.7 Å². The molecule has 0 aliphatic rings. The summed E-state index contributed by atoms with van der Waals surface area (Å²) in [6.07, 6.45) is 0. The van der Waals surface area contributed by atoms with E-state index in [1.165, 1.54) is 22.4 Å². The summed E-state index contributed by atoms with van der Waals surface area (Å²) in [7, 11) is 0. The summed E-state index contributed by atoms with van der Waals surface area (Å²) >= 11 is 1.96. The van der Waals surface area contributed by atoms with Crippen LogP contribution in [0.3, 0.4) is 0 Å². The Bertz CT molecular complexity index is 245. The van der Waals surface area contributed by atoms with E-state index in [-0.39, 0.29) is 0 Å². The van der Waals surface area contributed by atoms with Gasteiger partial charge in [-0.1, -0.05) is 0 Å². The average molecular weight is 207 g/mol. The Labute approximate surface area is 76.6 Å². The SMILES string of the molecule is Cc1cc(C)c([NH][Ge])c(C)c1. The number of hydrogen-bond donors (Lipinski definition) is 1. The van der Waals surface area contributed by atoms with E-state index >= 15 is 0 Å². The quantitative estimate of drug-likeness (QED) is 0.695. The van der Waals surface area contributed by atoms with Crippen molar-refractivity contribution in [1.29, 1.82) is 0 Å². The summed E-state index contributed by atoms with van der Waals surface area (Å²) < 4.78 is 3.19. The van der Waals surface area contributed by atoms with Gasteiger partial charge >= 0.3 is 76.3 Å². The van der Waals surface area contributed by atoms with Crippen LogP contribution < -0.4 is 4.27 Å². The van der Waals surface area contributed by atoms with Crippen LogP contribution in [-0.2, 0) is 0 Å². The van der Waals surface area contributed by atoms with E-state index in [9.17, 15) is 0 Å². The third-order valence-corrected chi connectivity index (χ3v) is 2.33. The maximum absolute atomic E-state index is 3.19. The number of rotatable bonds is 1. The molecule has 0 unspecified atom stereocenters. The summed E-state index contributed by atoms with van der Waals surface area (Å²) in [5.41, 5.74) is 5.24. The molecule has 1 aromatic rings. The molecule has 0 aromatic heterocycles. The summed E-state index contributed by atoms with van der Waals surface area (Å²) in [5, 5.41) is 0. The molecule has 0 fully saturated rings. The number of aryl methyl sites for hydroxylation is 3. The first-order chi connectivity index (χ1) is 5.15. The maximum atomic E-state index is 3.19. The van der Waals surface area contributed by atoms with E-state index < -0.39 is 0 Å². The molecule has 0 spiro atoms. The molecule has 0 heterocycles. The van der Waals surface area contributed by atoms with Gasteiger partial charge in [0.25, 0.3) is 0 Å². The Hall–Kier alpha value is -0.437. The molecule has 3 radical (unpaired) electrons. The molecule has 0 aliphatic heterocycles. The Morgan fingerprint density at radius 1 is 1.09 bits per heavy atom. The number of nitrogens with one attached hydrogen (secondary N) is 1. The third-order valence-electron chi connectivity index (χ3n) is 1.80. The Morgan fingerprint density at radius 3 is 1.91 bits per heavy atom. The van der Waals surface area contributed by atoms with E-state index in [0.29, 0.717) is 0 Å². The van der Waals surface area contributed by atoms with Gasteiger partial charge in [-0.15, -0.1) is 0 Å². The summed E-state index contributed by atoms with van der Waals surface area (Å²) in [5.74, 6) is 0. The third kappa shape index (κ3) is 1.77. The zero-order chi connectivity index (χ0) is 8.43.